The molecule has 2 aliphatic heterocycles. The van der Waals surface area contributed by atoms with Crippen LogP contribution in [0.15, 0.2) is 30.6 Å². The van der Waals surface area contributed by atoms with Crippen LogP contribution in [0.1, 0.15) is 59.8 Å². The summed E-state index contributed by atoms with van der Waals surface area (Å²) in [5, 5.41) is 4.21. The molecule has 10 heteroatoms. The maximum atomic E-state index is 13.6. The Morgan fingerprint density at radius 3 is 2.62 bits per heavy atom. The average molecular weight is 443 g/mol. The Morgan fingerprint density at radius 2 is 1.88 bits per heavy atom. The fourth-order valence-corrected chi connectivity index (χ4v) is 5.16. The standard InChI is InChI=1S/C22H23F2N5O3/c1-31-18-8-3-12(9-19(18)32-2)21(30)28-13-4-6-14(16(28)7-5-13)17-10-15(20(23)24)27-22-25-11-26-29(17)22/h3,8-11,13-14,16,20H,4-7H2,1-2H3/t13-,14-,16-/m0/s1. The Kier molecular flexibility index (Phi) is 5.15. The third kappa shape index (κ3) is 3.25. The lowest BCUT2D eigenvalue weighted by atomic mass is 9.86. The van der Waals surface area contributed by atoms with Gasteiger partial charge in [0, 0.05) is 23.6 Å². The minimum Gasteiger partial charge on any atom is -0.493 e. The molecule has 2 fully saturated rings. The Morgan fingerprint density at radius 1 is 1.09 bits per heavy atom. The van der Waals surface area contributed by atoms with Crippen molar-refractivity contribution in [2.75, 3.05) is 14.2 Å². The van der Waals surface area contributed by atoms with Crippen molar-refractivity contribution < 1.29 is 23.0 Å². The number of hydrogen-bond acceptors (Lipinski definition) is 6. The van der Waals surface area contributed by atoms with Gasteiger partial charge in [0.25, 0.3) is 18.1 Å². The highest BCUT2D eigenvalue weighted by atomic mass is 19.3. The van der Waals surface area contributed by atoms with Gasteiger partial charge < -0.3 is 14.4 Å². The van der Waals surface area contributed by atoms with Crippen LogP contribution in [0.2, 0.25) is 0 Å². The summed E-state index contributed by atoms with van der Waals surface area (Å²) >= 11 is 0. The monoisotopic (exact) mass is 443 g/mol. The van der Waals surface area contributed by atoms with Crippen LogP contribution in [0.3, 0.4) is 0 Å². The van der Waals surface area contributed by atoms with Crippen LogP contribution in [0.4, 0.5) is 8.78 Å². The van der Waals surface area contributed by atoms with Crippen molar-refractivity contribution in [1.82, 2.24) is 24.5 Å². The summed E-state index contributed by atoms with van der Waals surface area (Å²) in [7, 11) is 3.07. The molecule has 0 aliphatic carbocycles. The van der Waals surface area contributed by atoms with Crippen LogP contribution >= 0.6 is 0 Å². The van der Waals surface area contributed by atoms with E-state index in [4.69, 9.17) is 9.47 Å². The van der Waals surface area contributed by atoms with Gasteiger partial charge in [0.1, 0.15) is 12.0 Å². The number of methoxy groups -OCH3 is 2. The quantitative estimate of drug-likeness (QED) is 0.599. The van der Waals surface area contributed by atoms with Crippen molar-refractivity contribution in [3.63, 3.8) is 0 Å². The second-order valence-corrected chi connectivity index (χ2v) is 8.14. The van der Waals surface area contributed by atoms with Crippen LogP contribution in [0, 0.1) is 0 Å². The molecule has 2 bridgehead atoms. The number of carbonyl (C=O) groups excluding carboxylic acids is 1. The topological polar surface area (TPSA) is 81.9 Å². The van der Waals surface area contributed by atoms with Crippen molar-refractivity contribution in [3.05, 3.63) is 47.5 Å². The van der Waals surface area contributed by atoms with E-state index in [1.807, 2.05) is 4.90 Å². The molecule has 3 atom stereocenters. The predicted molar refractivity (Wildman–Crippen MR) is 110 cm³/mol. The summed E-state index contributed by atoms with van der Waals surface area (Å²) in [6.45, 7) is 0. The van der Waals surface area contributed by atoms with E-state index in [1.165, 1.54) is 24.0 Å². The van der Waals surface area contributed by atoms with Crippen molar-refractivity contribution in [2.45, 2.75) is 50.1 Å². The summed E-state index contributed by atoms with van der Waals surface area (Å²) in [5.41, 5.74) is 0.811. The number of ether oxygens (including phenoxy) is 2. The first-order chi connectivity index (χ1) is 15.5. The van der Waals surface area contributed by atoms with E-state index in [9.17, 15) is 13.6 Å². The van der Waals surface area contributed by atoms with Gasteiger partial charge >= 0.3 is 0 Å². The van der Waals surface area contributed by atoms with Crippen LogP contribution in [0.25, 0.3) is 5.78 Å². The van der Waals surface area contributed by atoms with Gasteiger partial charge in [0.2, 0.25) is 0 Å². The van der Waals surface area contributed by atoms with E-state index in [2.05, 4.69) is 15.1 Å². The number of benzene rings is 1. The number of carbonyl (C=O) groups is 1. The summed E-state index contributed by atoms with van der Waals surface area (Å²) in [6.07, 6.45) is 1.87. The molecule has 5 rings (SSSR count). The summed E-state index contributed by atoms with van der Waals surface area (Å²) in [6, 6.07) is 6.54. The summed E-state index contributed by atoms with van der Waals surface area (Å²) in [5.74, 6) is 0.951. The maximum absolute atomic E-state index is 13.6. The van der Waals surface area contributed by atoms with E-state index in [0.717, 1.165) is 25.7 Å². The second kappa shape index (κ2) is 7.99. The number of piperidine rings is 1. The highest BCUT2D eigenvalue weighted by molar-refractivity contribution is 5.95. The fourth-order valence-electron chi connectivity index (χ4n) is 5.16. The van der Waals surface area contributed by atoms with Gasteiger partial charge in [-0.05, 0) is 49.9 Å². The molecule has 0 radical (unpaired) electrons. The number of amides is 1. The number of nitrogens with zero attached hydrogens (tertiary/aromatic N) is 5. The second-order valence-electron chi connectivity index (χ2n) is 8.14. The Hall–Kier alpha value is -3.30. The first kappa shape index (κ1) is 20.6. The van der Waals surface area contributed by atoms with Crippen molar-refractivity contribution in [2.24, 2.45) is 0 Å². The van der Waals surface area contributed by atoms with Crippen molar-refractivity contribution in [1.29, 1.82) is 0 Å². The van der Waals surface area contributed by atoms with E-state index in [1.54, 1.807) is 25.3 Å². The zero-order valence-corrected chi connectivity index (χ0v) is 17.7. The van der Waals surface area contributed by atoms with Gasteiger partial charge in [-0.2, -0.15) is 10.1 Å². The number of aromatic nitrogens is 4. The van der Waals surface area contributed by atoms with Crippen LogP contribution in [-0.2, 0) is 0 Å². The third-order valence-electron chi connectivity index (χ3n) is 6.59. The average Bonchev–Trinajstić information content (AvgIpc) is 3.40. The van der Waals surface area contributed by atoms with Crippen molar-refractivity contribution >= 4 is 11.7 Å². The van der Waals surface area contributed by atoms with E-state index in [0.29, 0.717) is 22.8 Å². The van der Waals surface area contributed by atoms with Crippen LogP contribution < -0.4 is 9.47 Å². The molecule has 2 aliphatic rings. The SMILES string of the molecule is COc1ccc(C(=O)N2[C@H]3CC[C@H](c4cc(C(F)F)nc5ncnn45)[C@@H]2CC3)cc1OC. The van der Waals surface area contributed by atoms with Gasteiger partial charge in [0.15, 0.2) is 11.5 Å². The van der Waals surface area contributed by atoms with E-state index < -0.39 is 6.43 Å². The smallest absolute Gasteiger partial charge is 0.280 e. The predicted octanol–water partition coefficient (Wildman–Crippen LogP) is 3.63. The lowest BCUT2D eigenvalue weighted by Gasteiger charge is -2.40. The van der Waals surface area contributed by atoms with Gasteiger partial charge in [-0.25, -0.2) is 18.3 Å². The minimum atomic E-state index is -2.71. The Labute approximate surface area is 183 Å². The van der Waals surface area contributed by atoms with E-state index >= 15 is 0 Å². The molecule has 1 amide bonds. The molecule has 168 valence electrons. The minimum absolute atomic E-state index is 0.0962. The summed E-state index contributed by atoms with van der Waals surface area (Å²) in [4.78, 5) is 23.4. The first-order valence-corrected chi connectivity index (χ1v) is 10.5. The number of halogens is 2. The zero-order chi connectivity index (χ0) is 22.4. The Balaban J connectivity index is 1.52. The largest absolute Gasteiger partial charge is 0.493 e. The molecule has 0 spiro atoms. The normalized spacial score (nSPS) is 22.5. The number of rotatable bonds is 5. The molecular formula is C22H23F2N5O3. The molecule has 0 saturated carbocycles. The molecule has 2 saturated heterocycles. The number of alkyl halides is 2. The van der Waals surface area contributed by atoms with E-state index in [-0.39, 0.29) is 35.4 Å². The maximum Gasteiger partial charge on any atom is 0.280 e. The number of hydrogen-bond donors (Lipinski definition) is 0. The van der Waals surface area contributed by atoms with Gasteiger partial charge in [-0.15, -0.1) is 0 Å². The fraction of sp³-hybridized carbons (Fsp3) is 0.455. The molecule has 0 N–H and O–H groups in total. The molecule has 8 nitrogen and oxygen atoms in total. The van der Waals surface area contributed by atoms with Gasteiger partial charge in [-0.1, -0.05) is 0 Å². The molecule has 1 aromatic carbocycles. The molecule has 3 aromatic rings. The first-order valence-electron chi connectivity index (χ1n) is 10.5. The Bertz CT molecular complexity index is 1170. The van der Waals surface area contributed by atoms with Crippen molar-refractivity contribution in [3.8, 4) is 11.5 Å². The molecule has 2 aromatic heterocycles. The van der Waals surface area contributed by atoms with Crippen LogP contribution in [0.5, 0.6) is 11.5 Å². The van der Waals surface area contributed by atoms with Gasteiger partial charge in [-0.3, -0.25) is 4.79 Å². The highest BCUT2D eigenvalue weighted by Gasteiger charge is 2.46. The molecular weight excluding hydrogens is 420 g/mol. The molecule has 32 heavy (non-hydrogen) atoms. The van der Waals surface area contributed by atoms with Gasteiger partial charge in [0.05, 0.1) is 19.9 Å². The lowest BCUT2D eigenvalue weighted by Crippen LogP contribution is -2.47. The summed E-state index contributed by atoms with van der Waals surface area (Å²) < 4.78 is 39.1. The lowest BCUT2D eigenvalue weighted by molar-refractivity contribution is 0.0553. The molecule has 4 heterocycles. The highest BCUT2D eigenvalue weighted by Crippen LogP contribution is 2.45. The third-order valence-corrected chi connectivity index (χ3v) is 6.59. The van der Waals surface area contributed by atoms with Crippen LogP contribution in [-0.4, -0.2) is 56.7 Å². The molecule has 0 unspecified atom stereocenters. The zero-order valence-electron chi connectivity index (χ0n) is 17.7. The number of fused-ring (bicyclic) bond motifs is 3.